The zero-order valence-electron chi connectivity index (χ0n) is 15.5. The largest absolute Gasteiger partial charge is 0.508 e. The summed E-state index contributed by atoms with van der Waals surface area (Å²) in [5.74, 6) is -0.0149. The van der Waals surface area contributed by atoms with Gasteiger partial charge in [-0.05, 0) is 68.1 Å². The first-order chi connectivity index (χ1) is 12.3. The van der Waals surface area contributed by atoms with Gasteiger partial charge < -0.3 is 15.3 Å². The second-order valence-corrected chi connectivity index (χ2v) is 7.02. The predicted molar refractivity (Wildman–Crippen MR) is 104 cm³/mol. The Morgan fingerprint density at radius 2 is 1.08 bits per heavy atom. The number of benzene rings is 3. The molecule has 0 bridgehead atoms. The Balaban J connectivity index is 2.39. The molecule has 26 heavy (non-hydrogen) atoms. The molecule has 0 radical (unpaired) electrons. The first kappa shape index (κ1) is 17.9. The van der Waals surface area contributed by atoms with Crippen LogP contribution in [-0.2, 0) is 0 Å². The minimum Gasteiger partial charge on any atom is -0.508 e. The summed E-state index contributed by atoms with van der Waals surface area (Å²) >= 11 is 0. The standard InChI is InChI=1S/C23H24O3/c1-13-9-15(3)21(19(25)11-13)23(17-7-5-6-8-18(17)24)22-16(4)10-14(2)12-20(22)26/h5-12,23-26H,1-4H3. The van der Waals surface area contributed by atoms with Crippen LogP contribution in [0.15, 0.2) is 48.5 Å². The average molecular weight is 348 g/mol. The molecule has 0 spiro atoms. The van der Waals surface area contributed by atoms with Gasteiger partial charge in [0.25, 0.3) is 0 Å². The molecule has 0 heterocycles. The van der Waals surface area contributed by atoms with Gasteiger partial charge in [-0.15, -0.1) is 0 Å². The highest BCUT2D eigenvalue weighted by Crippen LogP contribution is 2.46. The third-order valence-corrected chi connectivity index (χ3v) is 4.84. The fourth-order valence-corrected chi connectivity index (χ4v) is 3.85. The van der Waals surface area contributed by atoms with Crippen LogP contribution in [-0.4, -0.2) is 15.3 Å². The highest BCUT2D eigenvalue weighted by Gasteiger charge is 2.28. The molecule has 0 saturated heterocycles. The molecular weight excluding hydrogens is 324 g/mol. The molecule has 0 aliphatic rings. The van der Waals surface area contributed by atoms with Crippen molar-refractivity contribution in [3.05, 3.63) is 87.5 Å². The molecule has 0 saturated carbocycles. The van der Waals surface area contributed by atoms with E-state index in [1.54, 1.807) is 24.3 Å². The Morgan fingerprint density at radius 3 is 1.50 bits per heavy atom. The fourth-order valence-electron chi connectivity index (χ4n) is 3.85. The number of para-hydroxylation sites is 1. The third kappa shape index (κ3) is 3.13. The van der Waals surface area contributed by atoms with Gasteiger partial charge in [0.1, 0.15) is 17.2 Å². The molecule has 0 amide bonds. The Kier molecular flexibility index (Phi) is 4.64. The van der Waals surface area contributed by atoms with Gasteiger partial charge in [0, 0.05) is 22.6 Å². The molecular formula is C23H24O3. The smallest absolute Gasteiger partial charge is 0.120 e. The molecule has 3 nitrogen and oxygen atoms in total. The lowest BCUT2D eigenvalue weighted by Crippen LogP contribution is -2.09. The third-order valence-electron chi connectivity index (χ3n) is 4.84. The first-order valence-electron chi connectivity index (χ1n) is 8.67. The van der Waals surface area contributed by atoms with Gasteiger partial charge in [0.05, 0.1) is 0 Å². The zero-order valence-corrected chi connectivity index (χ0v) is 15.5. The lowest BCUT2D eigenvalue weighted by molar-refractivity contribution is 0.449. The summed E-state index contributed by atoms with van der Waals surface area (Å²) in [4.78, 5) is 0. The van der Waals surface area contributed by atoms with Crippen LogP contribution in [0.1, 0.15) is 44.9 Å². The van der Waals surface area contributed by atoms with Crippen LogP contribution in [0.2, 0.25) is 0 Å². The highest BCUT2D eigenvalue weighted by atomic mass is 16.3. The second-order valence-electron chi connectivity index (χ2n) is 7.02. The monoisotopic (exact) mass is 348 g/mol. The van der Waals surface area contributed by atoms with Crippen molar-refractivity contribution >= 4 is 0 Å². The van der Waals surface area contributed by atoms with Crippen LogP contribution in [0.3, 0.4) is 0 Å². The summed E-state index contributed by atoms with van der Waals surface area (Å²) < 4.78 is 0. The molecule has 0 aliphatic carbocycles. The highest BCUT2D eigenvalue weighted by molar-refractivity contribution is 5.60. The van der Waals surface area contributed by atoms with Crippen LogP contribution >= 0.6 is 0 Å². The Hall–Kier alpha value is -2.94. The van der Waals surface area contributed by atoms with Crippen LogP contribution < -0.4 is 0 Å². The molecule has 3 N–H and O–H groups in total. The SMILES string of the molecule is Cc1cc(C)c(C(c2ccccc2O)c2c(C)cc(C)cc2O)c(O)c1. The second kappa shape index (κ2) is 6.75. The molecule has 0 unspecified atom stereocenters. The Morgan fingerprint density at radius 1 is 0.615 bits per heavy atom. The van der Waals surface area contributed by atoms with E-state index in [0.29, 0.717) is 16.7 Å². The summed E-state index contributed by atoms with van der Waals surface area (Å²) in [6.07, 6.45) is 0. The molecule has 0 atom stereocenters. The number of aryl methyl sites for hydroxylation is 4. The minimum absolute atomic E-state index is 0.135. The van der Waals surface area contributed by atoms with Crippen molar-refractivity contribution in [2.75, 3.05) is 0 Å². The molecule has 0 fully saturated rings. The van der Waals surface area contributed by atoms with E-state index in [1.165, 1.54) is 0 Å². The molecule has 0 aliphatic heterocycles. The maximum Gasteiger partial charge on any atom is 0.120 e. The number of aromatic hydroxyl groups is 3. The number of hydrogen-bond donors (Lipinski definition) is 3. The summed E-state index contributed by atoms with van der Waals surface area (Å²) in [6, 6.07) is 14.5. The normalized spacial score (nSPS) is 11.1. The van der Waals surface area contributed by atoms with Crippen molar-refractivity contribution in [3.63, 3.8) is 0 Å². The van der Waals surface area contributed by atoms with Gasteiger partial charge in [-0.3, -0.25) is 0 Å². The van der Waals surface area contributed by atoms with E-state index in [2.05, 4.69) is 0 Å². The van der Waals surface area contributed by atoms with Crippen molar-refractivity contribution in [1.29, 1.82) is 0 Å². The summed E-state index contributed by atoms with van der Waals surface area (Å²) in [7, 11) is 0. The van der Waals surface area contributed by atoms with Gasteiger partial charge in [-0.1, -0.05) is 30.3 Å². The van der Waals surface area contributed by atoms with Crippen LogP contribution in [0.5, 0.6) is 17.2 Å². The van der Waals surface area contributed by atoms with E-state index in [4.69, 9.17) is 0 Å². The van der Waals surface area contributed by atoms with Crippen molar-refractivity contribution in [2.45, 2.75) is 33.6 Å². The zero-order chi connectivity index (χ0) is 19.0. The fraction of sp³-hybridized carbons (Fsp3) is 0.217. The van der Waals surface area contributed by atoms with Crippen LogP contribution in [0.4, 0.5) is 0 Å². The van der Waals surface area contributed by atoms with Gasteiger partial charge in [-0.2, -0.15) is 0 Å². The predicted octanol–water partition coefficient (Wildman–Crippen LogP) is 5.22. The summed E-state index contributed by atoms with van der Waals surface area (Å²) in [5.41, 5.74) is 5.79. The van der Waals surface area contributed by atoms with Crippen molar-refractivity contribution in [3.8, 4) is 17.2 Å². The minimum atomic E-state index is -0.475. The summed E-state index contributed by atoms with van der Waals surface area (Å²) in [5, 5.41) is 32.0. The molecule has 3 aromatic rings. The van der Waals surface area contributed by atoms with E-state index in [9.17, 15) is 15.3 Å². The maximum absolute atomic E-state index is 10.7. The van der Waals surface area contributed by atoms with Crippen LogP contribution in [0.25, 0.3) is 0 Å². The maximum atomic E-state index is 10.7. The van der Waals surface area contributed by atoms with Crippen molar-refractivity contribution in [1.82, 2.24) is 0 Å². The van der Waals surface area contributed by atoms with Crippen molar-refractivity contribution in [2.24, 2.45) is 0 Å². The molecule has 3 rings (SSSR count). The van der Waals surface area contributed by atoms with Gasteiger partial charge in [0.2, 0.25) is 0 Å². The molecule has 3 heteroatoms. The van der Waals surface area contributed by atoms with Gasteiger partial charge >= 0.3 is 0 Å². The number of rotatable bonds is 3. The van der Waals surface area contributed by atoms with Crippen LogP contribution in [0, 0.1) is 27.7 Å². The number of phenolic OH excluding ortho intramolecular Hbond substituents is 3. The Bertz CT molecular complexity index is 869. The van der Waals surface area contributed by atoms with E-state index in [0.717, 1.165) is 22.3 Å². The summed E-state index contributed by atoms with van der Waals surface area (Å²) in [6.45, 7) is 7.74. The lowest BCUT2D eigenvalue weighted by Gasteiger charge is -2.25. The average Bonchev–Trinajstić information content (AvgIpc) is 2.52. The van der Waals surface area contributed by atoms with E-state index in [1.807, 2.05) is 52.0 Å². The van der Waals surface area contributed by atoms with Crippen molar-refractivity contribution < 1.29 is 15.3 Å². The lowest BCUT2D eigenvalue weighted by atomic mass is 9.79. The van der Waals surface area contributed by atoms with E-state index < -0.39 is 5.92 Å². The van der Waals surface area contributed by atoms with E-state index >= 15 is 0 Å². The first-order valence-corrected chi connectivity index (χ1v) is 8.67. The molecule has 134 valence electrons. The molecule has 0 aromatic heterocycles. The van der Waals surface area contributed by atoms with Gasteiger partial charge in [0.15, 0.2) is 0 Å². The number of hydrogen-bond acceptors (Lipinski definition) is 3. The topological polar surface area (TPSA) is 60.7 Å². The van der Waals surface area contributed by atoms with E-state index in [-0.39, 0.29) is 17.2 Å². The molecule has 3 aromatic carbocycles. The number of phenols is 3. The Labute approximate surface area is 154 Å². The quantitative estimate of drug-likeness (QED) is 0.569. The van der Waals surface area contributed by atoms with Gasteiger partial charge in [-0.25, -0.2) is 0 Å².